The lowest BCUT2D eigenvalue weighted by Gasteiger charge is -2.25. The molecule has 1 aromatic carbocycles. The number of benzene rings is 1. The first-order valence-electron chi connectivity index (χ1n) is 11.1. The number of ether oxygens (including phenoxy) is 1. The first kappa shape index (κ1) is 23.7. The molecule has 0 bridgehead atoms. The highest BCUT2D eigenvalue weighted by atomic mass is 35.5. The van der Waals surface area contributed by atoms with Crippen molar-refractivity contribution in [2.75, 3.05) is 30.5 Å². The summed E-state index contributed by atoms with van der Waals surface area (Å²) >= 11 is 6.27. The van der Waals surface area contributed by atoms with Crippen LogP contribution in [0.3, 0.4) is 0 Å². The molecule has 1 unspecified atom stereocenters. The standard InChI is InChI=1S/C24H27ClN6O3/c1-34-21-6-5-16(10-19(21)25)12-28-20-11-23(31-9-2-4-17(31)15-32)29-13-18(20)24(33)30-14-22-26-7-3-8-27-22/h3,5-8,10-11,13,17,32H,2,4,9,12,14-15H2,1H3,(H,28,29)(H,30,33). The first-order valence-corrected chi connectivity index (χ1v) is 11.4. The van der Waals surface area contributed by atoms with Gasteiger partial charge in [0, 0.05) is 37.7 Å². The molecular weight excluding hydrogens is 456 g/mol. The van der Waals surface area contributed by atoms with Gasteiger partial charge in [0.25, 0.3) is 5.91 Å². The summed E-state index contributed by atoms with van der Waals surface area (Å²) in [6.07, 6.45) is 6.72. The molecule has 3 N–H and O–H groups in total. The van der Waals surface area contributed by atoms with E-state index >= 15 is 0 Å². The third-order valence-corrected chi connectivity index (χ3v) is 6.04. The molecule has 0 spiro atoms. The zero-order valence-corrected chi connectivity index (χ0v) is 19.6. The fourth-order valence-electron chi connectivity index (χ4n) is 3.95. The maximum Gasteiger partial charge on any atom is 0.255 e. The van der Waals surface area contributed by atoms with Crippen molar-refractivity contribution in [2.24, 2.45) is 0 Å². The van der Waals surface area contributed by atoms with E-state index in [9.17, 15) is 9.90 Å². The van der Waals surface area contributed by atoms with Crippen LogP contribution in [0.15, 0.2) is 48.9 Å². The highest BCUT2D eigenvalue weighted by Crippen LogP contribution is 2.29. The van der Waals surface area contributed by atoms with E-state index in [4.69, 9.17) is 16.3 Å². The van der Waals surface area contributed by atoms with Crippen molar-refractivity contribution in [2.45, 2.75) is 32.0 Å². The number of aliphatic hydroxyl groups is 1. The summed E-state index contributed by atoms with van der Waals surface area (Å²) in [4.78, 5) is 27.9. The lowest BCUT2D eigenvalue weighted by Crippen LogP contribution is -2.33. The van der Waals surface area contributed by atoms with Crippen LogP contribution in [0.2, 0.25) is 5.02 Å². The second kappa shape index (κ2) is 11.1. The largest absolute Gasteiger partial charge is 0.495 e. The monoisotopic (exact) mass is 482 g/mol. The highest BCUT2D eigenvalue weighted by Gasteiger charge is 2.26. The Morgan fingerprint density at radius 1 is 1.24 bits per heavy atom. The molecular formula is C24H27ClN6O3. The van der Waals surface area contributed by atoms with Gasteiger partial charge in [-0.25, -0.2) is 15.0 Å². The number of hydrogen-bond acceptors (Lipinski definition) is 8. The van der Waals surface area contributed by atoms with Gasteiger partial charge in [0.05, 0.1) is 42.6 Å². The topological polar surface area (TPSA) is 112 Å². The van der Waals surface area contributed by atoms with Gasteiger partial charge in [-0.05, 0) is 36.6 Å². The average Bonchev–Trinajstić information content (AvgIpc) is 3.35. The van der Waals surface area contributed by atoms with Gasteiger partial charge in [0.15, 0.2) is 0 Å². The Bertz CT molecular complexity index is 1130. The SMILES string of the molecule is COc1ccc(CNc2cc(N3CCCC3CO)ncc2C(=O)NCc2ncccn2)cc1Cl. The minimum absolute atomic E-state index is 0.0238. The van der Waals surface area contributed by atoms with Crippen LogP contribution < -0.4 is 20.3 Å². The van der Waals surface area contributed by atoms with Crippen LogP contribution in [0.4, 0.5) is 11.5 Å². The Labute approximate surface area is 203 Å². The molecule has 9 nitrogen and oxygen atoms in total. The maximum atomic E-state index is 13.0. The van der Waals surface area contributed by atoms with Crippen LogP contribution in [0, 0.1) is 0 Å². The minimum atomic E-state index is -0.290. The van der Waals surface area contributed by atoms with Crippen molar-refractivity contribution >= 4 is 29.0 Å². The van der Waals surface area contributed by atoms with Crippen LogP contribution >= 0.6 is 11.6 Å². The summed E-state index contributed by atoms with van der Waals surface area (Å²) in [5.41, 5.74) is 1.97. The fraction of sp³-hybridized carbons (Fsp3) is 0.333. The molecule has 1 aliphatic rings. The van der Waals surface area contributed by atoms with Crippen molar-refractivity contribution in [3.05, 3.63) is 70.9 Å². The van der Waals surface area contributed by atoms with Crippen LogP contribution in [0.25, 0.3) is 0 Å². The van der Waals surface area contributed by atoms with E-state index in [1.807, 2.05) is 18.2 Å². The van der Waals surface area contributed by atoms with Gasteiger partial charge in [-0.15, -0.1) is 0 Å². The van der Waals surface area contributed by atoms with Gasteiger partial charge in [-0.2, -0.15) is 0 Å². The van der Waals surface area contributed by atoms with Crippen LogP contribution in [0.5, 0.6) is 5.75 Å². The molecule has 1 saturated heterocycles. The third-order valence-electron chi connectivity index (χ3n) is 5.74. The quantitative estimate of drug-likeness (QED) is 0.426. The van der Waals surface area contributed by atoms with Crippen molar-refractivity contribution in [3.63, 3.8) is 0 Å². The van der Waals surface area contributed by atoms with E-state index in [0.717, 1.165) is 30.8 Å². The smallest absolute Gasteiger partial charge is 0.255 e. The number of methoxy groups -OCH3 is 1. The molecule has 2 aromatic heterocycles. The molecule has 1 amide bonds. The predicted octanol–water partition coefficient (Wildman–Crippen LogP) is 3.04. The summed E-state index contributed by atoms with van der Waals surface area (Å²) in [7, 11) is 1.57. The minimum Gasteiger partial charge on any atom is -0.495 e. The second-order valence-corrected chi connectivity index (χ2v) is 8.34. The summed E-state index contributed by atoms with van der Waals surface area (Å²) in [5, 5.41) is 16.4. The molecule has 0 aliphatic carbocycles. The lowest BCUT2D eigenvalue weighted by atomic mass is 10.1. The number of amides is 1. The van der Waals surface area contributed by atoms with Gasteiger partial charge < -0.3 is 25.4 Å². The summed E-state index contributed by atoms with van der Waals surface area (Å²) in [5.74, 6) is 1.55. The van der Waals surface area contributed by atoms with Gasteiger partial charge in [0.2, 0.25) is 0 Å². The molecule has 0 radical (unpaired) electrons. The molecule has 34 heavy (non-hydrogen) atoms. The molecule has 1 fully saturated rings. The number of rotatable bonds is 9. The van der Waals surface area contributed by atoms with Gasteiger partial charge in [-0.1, -0.05) is 17.7 Å². The van der Waals surface area contributed by atoms with E-state index in [1.54, 1.807) is 37.8 Å². The second-order valence-electron chi connectivity index (χ2n) is 7.93. The number of aromatic nitrogens is 3. The van der Waals surface area contributed by atoms with Gasteiger partial charge in [-0.3, -0.25) is 4.79 Å². The van der Waals surface area contributed by atoms with Crippen molar-refractivity contribution in [1.29, 1.82) is 0 Å². The van der Waals surface area contributed by atoms with E-state index in [1.165, 1.54) is 0 Å². The number of aliphatic hydroxyl groups excluding tert-OH is 1. The lowest BCUT2D eigenvalue weighted by molar-refractivity contribution is 0.0950. The number of nitrogens with one attached hydrogen (secondary N) is 2. The van der Waals surface area contributed by atoms with E-state index in [-0.39, 0.29) is 25.1 Å². The molecule has 178 valence electrons. The van der Waals surface area contributed by atoms with Gasteiger partial charge in [0.1, 0.15) is 17.4 Å². The third kappa shape index (κ3) is 5.55. The van der Waals surface area contributed by atoms with E-state index in [2.05, 4.69) is 30.5 Å². The Morgan fingerprint density at radius 2 is 2.06 bits per heavy atom. The van der Waals surface area contributed by atoms with Crippen molar-refractivity contribution in [1.82, 2.24) is 20.3 Å². The Kier molecular flexibility index (Phi) is 7.76. The number of carbonyl (C=O) groups is 1. The maximum absolute atomic E-state index is 13.0. The molecule has 3 heterocycles. The zero-order chi connectivity index (χ0) is 23.9. The number of hydrogen-bond donors (Lipinski definition) is 3. The number of pyridine rings is 1. The average molecular weight is 483 g/mol. The normalized spacial score (nSPS) is 15.3. The summed E-state index contributed by atoms with van der Waals surface area (Å²) < 4.78 is 5.22. The number of nitrogens with zero attached hydrogens (tertiary/aromatic N) is 4. The first-order chi connectivity index (χ1) is 16.6. The van der Waals surface area contributed by atoms with E-state index < -0.39 is 0 Å². The molecule has 1 atom stereocenters. The fourth-order valence-corrected chi connectivity index (χ4v) is 4.23. The van der Waals surface area contributed by atoms with E-state index in [0.29, 0.717) is 34.4 Å². The Morgan fingerprint density at radius 3 is 2.79 bits per heavy atom. The van der Waals surface area contributed by atoms with Crippen molar-refractivity contribution < 1.29 is 14.6 Å². The van der Waals surface area contributed by atoms with Crippen LogP contribution in [-0.4, -0.2) is 52.3 Å². The Hall–Kier alpha value is -3.43. The van der Waals surface area contributed by atoms with Crippen LogP contribution in [-0.2, 0) is 13.1 Å². The molecule has 0 saturated carbocycles. The summed E-state index contributed by atoms with van der Waals surface area (Å²) in [6, 6.07) is 9.14. The zero-order valence-electron chi connectivity index (χ0n) is 18.9. The summed E-state index contributed by atoms with van der Waals surface area (Å²) in [6.45, 7) is 1.52. The molecule has 4 rings (SSSR count). The molecule has 10 heteroatoms. The van der Waals surface area contributed by atoms with Gasteiger partial charge >= 0.3 is 0 Å². The number of anilines is 2. The number of halogens is 1. The number of carbonyl (C=O) groups excluding carboxylic acids is 1. The highest BCUT2D eigenvalue weighted by molar-refractivity contribution is 6.32. The van der Waals surface area contributed by atoms with Crippen molar-refractivity contribution in [3.8, 4) is 5.75 Å². The molecule has 3 aromatic rings. The molecule has 1 aliphatic heterocycles. The van der Waals surface area contributed by atoms with Crippen LogP contribution in [0.1, 0.15) is 34.6 Å². The predicted molar refractivity (Wildman–Crippen MR) is 130 cm³/mol. The Balaban J connectivity index is 1.56.